The fourth-order valence-electron chi connectivity index (χ4n) is 3.00. The Morgan fingerprint density at radius 2 is 2.24 bits per heavy atom. The third-order valence-corrected chi connectivity index (χ3v) is 4.42. The zero-order valence-corrected chi connectivity index (χ0v) is 11.0. The fourth-order valence-corrected chi connectivity index (χ4v) is 3.24. The van der Waals surface area contributed by atoms with Crippen molar-refractivity contribution in [2.24, 2.45) is 17.1 Å². The molecule has 0 heterocycles. The van der Waals surface area contributed by atoms with Crippen LogP contribution in [0.15, 0.2) is 24.3 Å². The van der Waals surface area contributed by atoms with E-state index in [4.69, 9.17) is 17.3 Å². The molecule has 0 aliphatic heterocycles. The monoisotopic (exact) mass is 253 g/mol. The zero-order valence-electron chi connectivity index (χ0n) is 10.2. The van der Waals surface area contributed by atoms with Crippen LogP contribution in [0.3, 0.4) is 0 Å². The molecule has 94 valence electrons. The molecule has 0 amide bonds. The van der Waals surface area contributed by atoms with E-state index in [0.29, 0.717) is 17.5 Å². The maximum atomic E-state index is 10.6. The molecule has 2 nitrogen and oxygen atoms in total. The van der Waals surface area contributed by atoms with E-state index in [1.54, 1.807) is 0 Å². The second-order valence-corrected chi connectivity index (χ2v) is 5.75. The lowest BCUT2D eigenvalue weighted by molar-refractivity contribution is 0.0309. The standard InChI is InChI=1S/C14H20ClNO/c1-10-6-7-14(8-10,9-16)13(17)11-4-2-3-5-12(11)15/h2-5,10,13,17H,6-9,16H2,1H3. The second kappa shape index (κ2) is 4.97. The van der Waals surface area contributed by atoms with Crippen LogP contribution < -0.4 is 5.73 Å². The van der Waals surface area contributed by atoms with Crippen molar-refractivity contribution in [3.63, 3.8) is 0 Å². The third kappa shape index (κ3) is 2.35. The topological polar surface area (TPSA) is 46.2 Å². The second-order valence-electron chi connectivity index (χ2n) is 5.34. The van der Waals surface area contributed by atoms with Gasteiger partial charge in [-0.1, -0.05) is 43.1 Å². The quantitative estimate of drug-likeness (QED) is 0.869. The third-order valence-electron chi connectivity index (χ3n) is 4.08. The van der Waals surface area contributed by atoms with E-state index in [1.807, 2.05) is 24.3 Å². The Labute approximate surface area is 108 Å². The van der Waals surface area contributed by atoms with Crippen LogP contribution in [0.1, 0.15) is 37.9 Å². The first-order valence-electron chi connectivity index (χ1n) is 6.21. The molecule has 1 aliphatic rings. The van der Waals surface area contributed by atoms with Crippen LogP contribution in [0.2, 0.25) is 5.02 Å². The zero-order chi connectivity index (χ0) is 12.5. The van der Waals surface area contributed by atoms with E-state index in [0.717, 1.165) is 24.8 Å². The molecular formula is C14H20ClNO. The van der Waals surface area contributed by atoms with Crippen LogP contribution in [0.5, 0.6) is 0 Å². The summed E-state index contributed by atoms with van der Waals surface area (Å²) in [5.41, 5.74) is 6.54. The van der Waals surface area contributed by atoms with Crippen LogP contribution in [0.4, 0.5) is 0 Å². The average Bonchev–Trinajstić information content (AvgIpc) is 2.72. The molecule has 1 aromatic carbocycles. The lowest BCUT2D eigenvalue weighted by atomic mass is 9.77. The van der Waals surface area contributed by atoms with E-state index in [9.17, 15) is 5.11 Å². The summed E-state index contributed by atoms with van der Waals surface area (Å²) < 4.78 is 0. The number of rotatable bonds is 3. The molecule has 2 rings (SSSR count). The van der Waals surface area contributed by atoms with Crippen LogP contribution in [-0.2, 0) is 0 Å². The molecule has 3 atom stereocenters. The molecule has 3 unspecified atom stereocenters. The van der Waals surface area contributed by atoms with Gasteiger partial charge < -0.3 is 10.8 Å². The van der Waals surface area contributed by atoms with Gasteiger partial charge in [-0.15, -0.1) is 0 Å². The first-order valence-corrected chi connectivity index (χ1v) is 6.59. The summed E-state index contributed by atoms with van der Waals surface area (Å²) in [6.07, 6.45) is 2.55. The highest BCUT2D eigenvalue weighted by atomic mass is 35.5. The molecule has 1 fully saturated rings. The Hall–Kier alpha value is -0.570. The van der Waals surface area contributed by atoms with Gasteiger partial charge in [-0.25, -0.2) is 0 Å². The van der Waals surface area contributed by atoms with Crippen molar-refractivity contribution in [2.45, 2.75) is 32.3 Å². The van der Waals surface area contributed by atoms with Crippen LogP contribution in [-0.4, -0.2) is 11.7 Å². The number of hydrogen-bond donors (Lipinski definition) is 2. The van der Waals surface area contributed by atoms with Crippen molar-refractivity contribution in [3.8, 4) is 0 Å². The number of nitrogens with two attached hydrogens (primary N) is 1. The molecule has 0 aromatic heterocycles. The summed E-state index contributed by atoms with van der Waals surface area (Å²) >= 11 is 6.15. The lowest BCUT2D eigenvalue weighted by Gasteiger charge is -2.34. The van der Waals surface area contributed by atoms with E-state index in [-0.39, 0.29) is 5.41 Å². The molecule has 0 spiro atoms. The Bertz CT molecular complexity index is 396. The number of aliphatic hydroxyl groups excluding tert-OH is 1. The molecular weight excluding hydrogens is 234 g/mol. The van der Waals surface area contributed by atoms with Gasteiger partial charge in [0.25, 0.3) is 0 Å². The predicted octanol–water partition coefficient (Wildman–Crippen LogP) is 3.14. The highest BCUT2D eigenvalue weighted by Gasteiger charge is 2.43. The maximum absolute atomic E-state index is 10.6. The van der Waals surface area contributed by atoms with Crippen molar-refractivity contribution < 1.29 is 5.11 Å². The molecule has 1 aliphatic carbocycles. The van der Waals surface area contributed by atoms with Crippen molar-refractivity contribution in [1.82, 2.24) is 0 Å². The number of halogens is 1. The van der Waals surface area contributed by atoms with Crippen LogP contribution >= 0.6 is 11.6 Å². The minimum atomic E-state index is -0.550. The Morgan fingerprint density at radius 1 is 1.53 bits per heavy atom. The summed E-state index contributed by atoms with van der Waals surface area (Å²) in [5, 5.41) is 11.2. The molecule has 0 bridgehead atoms. The summed E-state index contributed by atoms with van der Waals surface area (Å²) in [4.78, 5) is 0. The average molecular weight is 254 g/mol. The van der Waals surface area contributed by atoms with Gasteiger partial charge in [0, 0.05) is 17.0 Å². The van der Waals surface area contributed by atoms with Gasteiger partial charge in [0.1, 0.15) is 0 Å². The molecule has 0 radical (unpaired) electrons. The van der Waals surface area contributed by atoms with Crippen molar-refractivity contribution in [1.29, 1.82) is 0 Å². The number of benzene rings is 1. The fraction of sp³-hybridized carbons (Fsp3) is 0.571. The van der Waals surface area contributed by atoms with E-state index in [1.165, 1.54) is 0 Å². The minimum Gasteiger partial charge on any atom is -0.388 e. The summed E-state index contributed by atoms with van der Waals surface area (Å²) in [7, 11) is 0. The van der Waals surface area contributed by atoms with Gasteiger partial charge in [-0.05, 0) is 30.4 Å². The van der Waals surface area contributed by atoms with Crippen molar-refractivity contribution in [2.75, 3.05) is 6.54 Å². The Balaban J connectivity index is 2.30. The highest BCUT2D eigenvalue weighted by molar-refractivity contribution is 6.31. The largest absolute Gasteiger partial charge is 0.388 e. The number of hydrogen-bond acceptors (Lipinski definition) is 2. The lowest BCUT2D eigenvalue weighted by Crippen LogP contribution is -2.34. The molecule has 1 saturated carbocycles. The Morgan fingerprint density at radius 3 is 2.76 bits per heavy atom. The first-order chi connectivity index (χ1) is 8.09. The summed E-state index contributed by atoms with van der Waals surface area (Å²) in [5.74, 6) is 0.635. The SMILES string of the molecule is CC1CCC(CN)(C(O)c2ccccc2Cl)C1. The van der Waals surface area contributed by atoms with Gasteiger partial charge in [-0.3, -0.25) is 0 Å². The molecule has 17 heavy (non-hydrogen) atoms. The molecule has 3 heteroatoms. The predicted molar refractivity (Wildman–Crippen MR) is 70.9 cm³/mol. The smallest absolute Gasteiger partial charge is 0.0872 e. The molecule has 0 saturated heterocycles. The van der Waals surface area contributed by atoms with E-state index >= 15 is 0 Å². The normalized spacial score (nSPS) is 30.5. The minimum absolute atomic E-state index is 0.190. The first kappa shape index (κ1) is 12.9. The summed E-state index contributed by atoms with van der Waals surface area (Å²) in [6.45, 7) is 2.74. The summed E-state index contributed by atoms with van der Waals surface area (Å²) in [6, 6.07) is 7.51. The van der Waals surface area contributed by atoms with Gasteiger partial charge >= 0.3 is 0 Å². The van der Waals surface area contributed by atoms with Crippen molar-refractivity contribution >= 4 is 11.6 Å². The Kier molecular flexibility index (Phi) is 3.76. The van der Waals surface area contributed by atoms with Gasteiger partial charge in [0.15, 0.2) is 0 Å². The van der Waals surface area contributed by atoms with E-state index < -0.39 is 6.10 Å². The van der Waals surface area contributed by atoms with Gasteiger partial charge in [0.2, 0.25) is 0 Å². The molecule has 1 aromatic rings. The molecule has 3 N–H and O–H groups in total. The van der Waals surface area contributed by atoms with Gasteiger partial charge in [-0.2, -0.15) is 0 Å². The van der Waals surface area contributed by atoms with Crippen LogP contribution in [0.25, 0.3) is 0 Å². The number of aliphatic hydroxyl groups is 1. The highest BCUT2D eigenvalue weighted by Crippen LogP contribution is 2.50. The maximum Gasteiger partial charge on any atom is 0.0872 e. The van der Waals surface area contributed by atoms with Gasteiger partial charge in [0.05, 0.1) is 6.10 Å². The van der Waals surface area contributed by atoms with Crippen molar-refractivity contribution in [3.05, 3.63) is 34.9 Å². The van der Waals surface area contributed by atoms with E-state index in [2.05, 4.69) is 6.92 Å². The van der Waals surface area contributed by atoms with Crippen LogP contribution in [0, 0.1) is 11.3 Å².